The fourth-order valence-corrected chi connectivity index (χ4v) is 1.56. The molecule has 1 N–H and O–H groups in total. The SMILES string of the molecule is Cc1cccc(CC(=O)O)c1I. The third-order valence-corrected chi connectivity index (χ3v) is 3.16. The van der Waals surface area contributed by atoms with Crippen LogP contribution in [0.2, 0.25) is 0 Å². The third-order valence-electron chi connectivity index (χ3n) is 1.61. The molecule has 0 saturated heterocycles. The molecule has 0 saturated carbocycles. The first kappa shape index (κ1) is 9.51. The largest absolute Gasteiger partial charge is 0.481 e. The van der Waals surface area contributed by atoms with E-state index >= 15 is 0 Å². The lowest BCUT2D eigenvalue weighted by Gasteiger charge is -2.03. The summed E-state index contributed by atoms with van der Waals surface area (Å²) in [7, 11) is 0. The number of carboxylic acid groups (broad SMARTS) is 1. The van der Waals surface area contributed by atoms with Crippen LogP contribution in [-0.4, -0.2) is 11.1 Å². The molecule has 0 unspecified atom stereocenters. The number of aryl methyl sites for hydroxylation is 1. The molecule has 3 heteroatoms. The Hall–Kier alpha value is -0.580. The van der Waals surface area contributed by atoms with Gasteiger partial charge in [0.25, 0.3) is 0 Å². The van der Waals surface area contributed by atoms with Crippen molar-refractivity contribution in [3.63, 3.8) is 0 Å². The van der Waals surface area contributed by atoms with Crippen molar-refractivity contribution in [3.8, 4) is 0 Å². The van der Waals surface area contributed by atoms with Crippen LogP contribution in [0.1, 0.15) is 11.1 Å². The lowest BCUT2D eigenvalue weighted by atomic mass is 10.1. The smallest absolute Gasteiger partial charge is 0.307 e. The first-order chi connectivity index (χ1) is 5.61. The van der Waals surface area contributed by atoms with Gasteiger partial charge in [0.05, 0.1) is 6.42 Å². The fourth-order valence-electron chi connectivity index (χ4n) is 1.01. The fraction of sp³-hybridized carbons (Fsp3) is 0.222. The number of carbonyl (C=O) groups is 1. The molecule has 0 radical (unpaired) electrons. The summed E-state index contributed by atoms with van der Waals surface area (Å²) in [4.78, 5) is 10.4. The van der Waals surface area contributed by atoms with Gasteiger partial charge in [-0.2, -0.15) is 0 Å². The standard InChI is InChI=1S/C9H9IO2/c1-6-3-2-4-7(9(6)10)5-8(11)12/h2-4H,5H2,1H3,(H,11,12). The van der Waals surface area contributed by atoms with Crippen molar-refractivity contribution in [1.82, 2.24) is 0 Å². The van der Waals surface area contributed by atoms with Crippen LogP contribution in [-0.2, 0) is 11.2 Å². The molecule has 0 bridgehead atoms. The van der Waals surface area contributed by atoms with Gasteiger partial charge in [0.2, 0.25) is 0 Å². The molecular formula is C9H9IO2. The number of rotatable bonds is 2. The van der Waals surface area contributed by atoms with Crippen LogP contribution in [0.3, 0.4) is 0 Å². The summed E-state index contributed by atoms with van der Waals surface area (Å²) >= 11 is 2.17. The van der Waals surface area contributed by atoms with Crippen LogP contribution in [0.5, 0.6) is 0 Å². The van der Waals surface area contributed by atoms with Crippen LogP contribution >= 0.6 is 22.6 Å². The Morgan fingerprint density at radius 2 is 2.25 bits per heavy atom. The number of benzene rings is 1. The first-order valence-corrected chi connectivity index (χ1v) is 4.65. The van der Waals surface area contributed by atoms with Crippen LogP contribution in [0.25, 0.3) is 0 Å². The maximum Gasteiger partial charge on any atom is 0.307 e. The van der Waals surface area contributed by atoms with E-state index in [0.29, 0.717) is 0 Å². The zero-order chi connectivity index (χ0) is 9.14. The first-order valence-electron chi connectivity index (χ1n) is 3.57. The zero-order valence-corrected chi connectivity index (χ0v) is 8.83. The highest BCUT2D eigenvalue weighted by Gasteiger charge is 2.05. The second-order valence-corrected chi connectivity index (χ2v) is 3.70. The normalized spacial score (nSPS) is 9.83. The van der Waals surface area contributed by atoms with Gasteiger partial charge in [-0.25, -0.2) is 0 Å². The zero-order valence-electron chi connectivity index (χ0n) is 6.67. The molecule has 1 aromatic carbocycles. The molecule has 0 amide bonds. The van der Waals surface area contributed by atoms with E-state index in [1.165, 1.54) is 0 Å². The molecule has 0 fully saturated rings. The lowest BCUT2D eigenvalue weighted by Crippen LogP contribution is -2.02. The minimum Gasteiger partial charge on any atom is -0.481 e. The van der Waals surface area contributed by atoms with Crippen molar-refractivity contribution in [2.24, 2.45) is 0 Å². The van der Waals surface area contributed by atoms with Gasteiger partial charge in [-0.1, -0.05) is 18.2 Å². The van der Waals surface area contributed by atoms with Gasteiger partial charge >= 0.3 is 5.97 Å². The van der Waals surface area contributed by atoms with Crippen LogP contribution < -0.4 is 0 Å². The van der Waals surface area contributed by atoms with E-state index in [0.717, 1.165) is 14.7 Å². The van der Waals surface area contributed by atoms with Crippen molar-refractivity contribution in [2.45, 2.75) is 13.3 Å². The van der Waals surface area contributed by atoms with Crippen LogP contribution in [0, 0.1) is 10.5 Å². The molecule has 0 aliphatic rings. The second-order valence-electron chi connectivity index (χ2n) is 2.62. The summed E-state index contributed by atoms with van der Waals surface area (Å²) < 4.78 is 1.05. The summed E-state index contributed by atoms with van der Waals surface area (Å²) in [6.07, 6.45) is 0.111. The van der Waals surface area contributed by atoms with Crippen LogP contribution in [0.15, 0.2) is 18.2 Å². The average molecular weight is 276 g/mol. The van der Waals surface area contributed by atoms with E-state index in [2.05, 4.69) is 22.6 Å². The molecule has 0 aliphatic carbocycles. The highest BCUT2D eigenvalue weighted by atomic mass is 127. The highest BCUT2D eigenvalue weighted by molar-refractivity contribution is 14.1. The van der Waals surface area contributed by atoms with Gasteiger partial charge in [0.15, 0.2) is 0 Å². The van der Waals surface area contributed by atoms with E-state index in [9.17, 15) is 4.79 Å². The van der Waals surface area contributed by atoms with Crippen molar-refractivity contribution in [1.29, 1.82) is 0 Å². The van der Waals surface area contributed by atoms with Crippen molar-refractivity contribution in [2.75, 3.05) is 0 Å². The summed E-state index contributed by atoms with van der Waals surface area (Å²) in [5.41, 5.74) is 2.03. The summed E-state index contributed by atoms with van der Waals surface area (Å²) in [6, 6.07) is 5.71. The van der Waals surface area contributed by atoms with E-state index in [-0.39, 0.29) is 6.42 Å². The molecule has 0 aromatic heterocycles. The lowest BCUT2D eigenvalue weighted by molar-refractivity contribution is -0.136. The maximum atomic E-state index is 10.4. The monoisotopic (exact) mass is 276 g/mol. The quantitative estimate of drug-likeness (QED) is 0.841. The Kier molecular flexibility index (Phi) is 3.08. The average Bonchev–Trinajstić information content (AvgIpc) is 1.98. The highest BCUT2D eigenvalue weighted by Crippen LogP contribution is 2.16. The molecule has 0 spiro atoms. The van der Waals surface area contributed by atoms with E-state index in [4.69, 9.17) is 5.11 Å². The number of hydrogen-bond acceptors (Lipinski definition) is 1. The molecule has 0 heterocycles. The Morgan fingerprint density at radius 1 is 1.58 bits per heavy atom. The third kappa shape index (κ3) is 2.20. The van der Waals surface area contributed by atoms with Gasteiger partial charge in [0, 0.05) is 3.57 Å². The summed E-state index contributed by atoms with van der Waals surface area (Å²) in [6.45, 7) is 1.98. The Labute approximate surface area is 84.7 Å². The number of aliphatic carboxylic acids is 1. The molecule has 2 nitrogen and oxygen atoms in total. The van der Waals surface area contributed by atoms with Gasteiger partial charge in [-0.15, -0.1) is 0 Å². The van der Waals surface area contributed by atoms with Crippen molar-refractivity contribution >= 4 is 28.6 Å². The molecular weight excluding hydrogens is 267 g/mol. The molecule has 1 rings (SSSR count). The molecule has 64 valence electrons. The second kappa shape index (κ2) is 3.89. The topological polar surface area (TPSA) is 37.3 Å². The molecule has 0 aliphatic heterocycles. The maximum absolute atomic E-state index is 10.4. The van der Waals surface area contributed by atoms with Crippen molar-refractivity contribution in [3.05, 3.63) is 32.9 Å². The molecule has 0 atom stereocenters. The number of halogens is 1. The van der Waals surface area contributed by atoms with Crippen molar-refractivity contribution < 1.29 is 9.90 Å². The van der Waals surface area contributed by atoms with E-state index in [1.54, 1.807) is 0 Å². The summed E-state index contributed by atoms with van der Waals surface area (Å²) in [5, 5.41) is 8.58. The van der Waals surface area contributed by atoms with E-state index < -0.39 is 5.97 Å². The number of carboxylic acids is 1. The van der Waals surface area contributed by atoms with E-state index in [1.807, 2.05) is 25.1 Å². The Bertz CT molecular complexity index is 307. The van der Waals surface area contributed by atoms with Gasteiger partial charge in [0.1, 0.15) is 0 Å². The number of hydrogen-bond donors (Lipinski definition) is 1. The van der Waals surface area contributed by atoms with Gasteiger partial charge in [-0.05, 0) is 40.6 Å². The predicted octanol–water partition coefficient (Wildman–Crippen LogP) is 2.23. The minimum absolute atomic E-state index is 0.111. The Morgan fingerprint density at radius 3 is 2.83 bits per heavy atom. The molecule has 12 heavy (non-hydrogen) atoms. The Balaban J connectivity index is 3.00. The van der Waals surface area contributed by atoms with Crippen LogP contribution in [0.4, 0.5) is 0 Å². The minimum atomic E-state index is -0.779. The predicted molar refractivity (Wildman–Crippen MR) is 55.2 cm³/mol. The summed E-state index contributed by atoms with van der Waals surface area (Å²) in [5.74, 6) is -0.779. The molecule has 1 aromatic rings. The van der Waals surface area contributed by atoms with Gasteiger partial charge in [-0.3, -0.25) is 4.79 Å². The van der Waals surface area contributed by atoms with Gasteiger partial charge < -0.3 is 5.11 Å².